The molecule has 0 spiro atoms. The molecule has 0 aromatic heterocycles. The monoisotopic (exact) mass is 460 g/mol. The van der Waals surface area contributed by atoms with Gasteiger partial charge in [0.15, 0.2) is 0 Å². The fourth-order valence-electron chi connectivity index (χ4n) is 3.80. The Kier molecular flexibility index (Phi) is 7.47. The van der Waals surface area contributed by atoms with Crippen LogP contribution in [0.3, 0.4) is 0 Å². The van der Waals surface area contributed by atoms with Crippen LogP contribution >= 0.6 is 0 Å². The third-order valence-corrected chi connectivity index (χ3v) is 7.51. The van der Waals surface area contributed by atoms with Crippen LogP contribution in [-0.2, 0) is 10.0 Å². The van der Waals surface area contributed by atoms with Crippen LogP contribution in [0.15, 0.2) is 47.4 Å². The van der Waals surface area contributed by atoms with Crippen molar-refractivity contribution in [1.82, 2.24) is 4.31 Å². The van der Waals surface area contributed by atoms with Crippen molar-refractivity contribution < 1.29 is 18.1 Å². The second kappa shape index (κ2) is 10.1. The molecule has 9 nitrogen and oxygen atoms in total. The number of sulfonamides is 1. The van der Waals surface area contributed by atoms with Crippen LogP contribution in [0.5, 0.6) is 0 Å². The van der Waals surface area contributed by atoms with Crippen molar-refractivity contribution in [2.45, 2.75) is 38.0 Å². The van der Waals surface area contributed by atoms with E-state index in [0.717, 1.165) is 19.3 Å². The average molecular weight is 461 g/mol. The summed E-state index contributed by atoms with van der Waals surface area (Å²) < 4.78 is 27.8. The summed E-state index contributed by atoms with van der Waals surface area (Å²) >= 11 is 0. The van der Waals surface area contributed by atoms with Gasteiger partial charge in [-0.05, 0) is 57.0 Å². The van der Waals surface area contributed by atoms with Crippen LogP contribution in [0.2, 0.25) is 0 Å². The van der Waals surface area contributed by atoms with Gasteiger partial charge in [0.2, 0.25) is 10.0 Å². The molecule has 0 atom stereocenters. The molecule has 172 valence electrons. The smallest absolute Gasteiger partial charge is 0.269 e. The van der Waals surface area contributed by atoms with Crippen molar-refractivity contribution in [1.29, 1.82) is 0 Å². The number of benzene rings is 2. The van der Waals surface area contributed by atoms with Crippen molar-refractivity contribution in [2.75, 3.05) is 36.4 Å². The number of carbonyl (C=O) groups is 1. The molecule has 32 heavy (non-hydrogen) atoms. The van der Waals surface area contributed by atoms with Gasteiger partial charge in [-0.15, -0.1) is 0 Å². The summed E-state index contributed by atoms with van der Waals surface area (Å²) in [5.74, 6) is -0.471. The normalized spacial score (nSPS) is 14.7. The number of hydrogen-bond acceptors (Lipinski definition) is 6. The number of anilines is 2. The number of nitro groups is 1. The first kappa shape index (κ1) is 23.7. The maximum absolute atomic E-state index is 13.2. The zero-order chi connectivity index (χ0) is 23.3. The van der Waals surface area contributed by atoms with Gasteiger partial charge in [0.1, 0.15) is 0 Å². The minimum Gasteiger partial charge on any atom is -0.370 e. The van der Waals surface area contributed by atoms with Crippen LogP contribution in [0.4, 0.5) is 17.1 Å². The third-order valence-electron chi connectivity index (χ3n) is 5.61. The van der Waals surface area contributed by atoms with E-state index >= 15 is 0 Å². The molecular formula is C22H28N4O5S. The van der Waals surface area contributed by atoms with E-state index in [4.69, 9.17) is 0 Å². The number of hydrogen-bond donors (Lipinski definition) is 1. The number of nitrogens with zero attached hydrogens (tertiary/aromatic N) is 3. The Bertz CT molecular complexity index is 1080. The fraction of sp³-hybridized carbons (Fsp3) is 0.409. The molecule has 1 aliphatic heterocycles. The van der Waals surface area contributed by atoms with Crippen molar-refractivity contribution in [3.8, 4) is 0 Å². The number of piperidine rings is 1. The third kappa shape index (κ3) is 5.08. The number of nitrogens with one attached hydrogen (secondary N) is 1. The Morgan fingerprint density at radius 3 is 2.25 bits per heavy atom. The van der Waals surface area contributed by atoms with Crippen LogP contribution in [0, 0.1) is 10.1 Å². The SMILES string of the molecule is CCN(CC)c1ccc(S(=O)(=O)N2CCCCC2)cc1NC(=O)c1ccc([N+](=O)[O-])cc1. The molecule has 10 heteroatoms. The van der Waals surface area contributed by atoms with Crippen molar-refractivity contribution in [3.05, 3.63) is 58.1 Å². The first-order valence-corrected chi connectivity index (χ1v) is 12.2. The van der Waals surface area contributed by atoms with Gasteiger partial charge >= 0.3 is 0 Å². The molecule has 1 aliphatic rings. The lowest BCUT2D eigenvalue weighted by molar-refractivity contribution is -0.384. The van der Waals surface area contributed by atoms with Gasteiger partial charge in [-0.2, -0.15) is 4.31 Å². The maximum atomic E-state index is 13.2. The molecule has 0 aliphatic carbocycles. The van der Waals surface area contributed by atoms with Crippen molar-refractivity contribution in [2.24, 2.45) is 0 Å². The van der Waals surface area contributed by atoms with Gasteiger partial charge in [-0.25, -0.2) is 8.42 Å². The molecule has 0 radical (unpaired) electrons. The highest BCUT2D eigenvalue weighted by atomic mass is 32.2. The quantitative estimate of drug-likeness (QED) is 0.473. The summed E-state index contributed by atoms with van der Waals surface area (Å²) in [7, 11) is -3.67. The molecular weight excluding hydrogens is 432 g/mol. The van der Waals surface area contributed by atoms with E-state index in [-0.39, 0.29) is 16.1 Å². The average Bonchev–Trinajstić information content (AvgIpc) is 2.81. The first-order valence-electron chi connectivity index (χ1n) is 10.7. The van der Waals surface area contributed by atoms with Crippen molar-refractivity contribution >= 4 is 33.0 Å². The van der Waals surface area contributed by atoms with E-state index in [2.05, 4.69) is 5.32 Å². The predicted molar refractivity (Wildman–Crippen MR) is 124 cm³/mol. The van der Waals surface area contributed by atoms with E-state index < -0.39 is 20.9 Å². The lowest BCUT2D eigenvalue weighted by Crippen LogP contribution is -2.35. The van der Waals surface area contributed by atoms with E-state index in [0.29, 0.717) is 37.6 Å². The summed E-state index contributed by atoms with van der Waals surface area (Å²) in [6.45, 7) is 6.28. The standard InChI is InChI=1S/C22H28N4O5S/c1-3-24(4-2)21-13-12-19(32(30,31)25-14-6-5-7-15-25)16-20(21)23-22(27)17-8-10-18(11-9-17)26(28)29/h8-13,16H,3-7,14-15H2,1-2H3,(H,23,27). The Morgan fingerprint density at radius 1 is 1.06 bits per heavy atom. The number of carbonyl (C=O) groups excluding carboxylic acids is 1. The Balaban J connectivity index is 1.96. The van der Waals surface area contributed by atoms with Crippen LogP contribution in [0.1, 0.15) is 43.5 Å². The van der Waals surface area contributed by atoms with E-state index in [1.54, 1.807) is 12.1 Å². The summed E-state index contributed by atoms with van der Waals surface area (Å²) in [5.41, 5.74) is 1.23. The minimum absolute atomic E-state index is 0.111. The molecule has 1 saturated heterocycles. The molecule has 0 bridgehead atoms. The number of rotatable bonds is 8. The largest absolute Gasteiger partial charge is 0.370 e. The maximum Gasteiger partial charge on any atom is 0.269 e. The molecule has 1 heterocycles. The highest BCUT2D eigenvalue weighted by Crippen LogP contribution is 2.31. The zero-order valence-electron chi connectivity index (χ0n) is 18.3. The fourth-order valence-corrected chi connectivity index (χ4v) is 5.34. The second-order valence-electron chi connectivity index (χ2n) is 7.57. The van der Waals surface area contributed by atoms with Gasteiger partial charge < -0.3 is 10.2 Å². The second-order valence-corrected chi connectivity index (χ2v) is 9.51. The summed E-state index contributed by atoms with van der Waals surface area (Å²) in [5, 5.41) is 13.7. The topological polar surface area (TPSA) is 113 Å². The van der Waals surface area contributed by atoms with Gasteiger partial charge in [-0.3, -0.25) is 14.9 Å². The summed E-state index contributed by atoms with van der Waals surface area (Å²) in [4.78, 5) is 25.3. The van der Waals surface area contributed by atoms with E-state index in [9.17, 15) is 23.3 Å². The summed E-state index contributed by atoms with van der Waals surface area (Å²) in [6, 6.07) is 10.1. The molecule has 2 aromatic carbocycles. The molecule has 1 amide bonds. The highest BCUT2D eigenvalue weighted by Gasteiger charge is 2.27. The molecule has 1 fully saturated rings. The molecule has 1 N–H and O–H groups in total. The Morgan fingerprint density at radius 2 is 1.69 bits per heavy atom. The molecule has 2 aromatic rings. The predicted octanol–water partition coefficient (Wildman–Crippen LogP) is 3.87. The van der Waals surface area contributed by atoms with Gasteiger partial charge in [0.25, 0.3) is 11.6 Å². The highest BCUT2D eigenvalue weighted by molar-refractivity contribution is 7.89. The van der Waals surface area contributed by atoms with Crippen LogP contribution in [0.25, 0.3) is 0 Å². The van der Waals surface area contributed by atoms with Crippen molar-refractivity contribution in [3.63, 3.8) is 0 Å². The number of non-ortho nitro benzene ring substituents is 1. The van der Waals surface area contributed by atoms with Gasteiger partial charge in [0, 0.05) is 43.9 Å². The van der Waals surface area contributed by atoms with Gasteiger partial charge in [-0.1, -0.05) is 6.42 Å². The molecule has 0 saturated carbocycles. The summed E-state index contributed by atoms with van der Waals surface area (Å²) in [6.07, 6.45) is 2.68. The first-order chi connectivity index (χ1) is 15.3. The van der Waals surface area contributed by atoms with Crippen LogP contribution in [-0.4, -0.2) is 49.7 Å². The van der Waals surface area contributed by atoms with E-state index in [1.165, 1.54) is 34.6 Å². The molecule has 3 rings (SSSR count). The molecule has 0 unspecified atom stereocenters. The number of amides is 1. The van der Waals surface area contributed by atoms with Crippen LogP contribution < -0.4 is 10.2 Å². The lowest BCUT2D eigenvalue weighted by atomic mass is 10.1. The van der Waals surface area contributed by atoms with Gasteiger partial charge in [0.05, 0.1) is 21.2 Å². The van der Waals surface area contributed by atoms with E-state index in [1.807, 2.05) is 18.7 Å². The zero-order valence-corrected chi connectivity index (χ0v) is 19.1. The Labute approximate surface area is 188 Å². The minimum atomic E-state index is -3.67. The number of nitro benzene ring substituents is 1. The lowest BCUT2D eigenvalue weighted by Gasteiger charge is -2.28. The Hall–Kier alpha value is -2.98.